The molecule has 1 atom stereocenters. The van der Waals surface area contributed by atoms with Gasteiger partial charge in [0.25, 0.3) is 5.91 Å². The molecule has 1 aliphatic carbocycles. The van der Waals surface area contributed by atoms with E-state index in [-0.39, 0.29) is 11.7 Å². The first-order chi connectivity index (χ1) is 13.6. The predicted molar refractivity (Wildman–Crippen MR) is 108 cm³/mol. The molecule has 1 aliphatic heterocycles. The lowest BCUT2D eigenvalue weighted by molar-refractivity contribution is 0.0949. The lowest BCUT2D eigenvalue weighted by Gasteiger charge is -2.24. The van der Waals surface area contributed by atoms with Gasteiger partial charge in [0.2, 0.25) is 0 Å². The van der Waals surface area contributed by atoms with E-state index in [0.29, 0.717) is 23.7 Å². The van der Waals surface area contributed by atoms with Gasteiger partial charge in [-0.2, -0.15) is 0 Å². The van der Waals surface area contributed by atoms with Gasteiger partial charge < -0.3 is 9.88 Å². The Morgan fingerprint density at radius 3 is 3.00 bits per heavy atom. The standard InChI is InChI=1S/C23H28FN3O/c1-16-13-18(7-9-20(16)24)19-8-10-22-26-21(15-27(22)14-19)23(28)25-12-11-17-5-3-2-4-6-17/h5,7,9,13,15,19H,2-4,6,8,10-12,14H2,1H3,(H,25,28). The molecule has 2 aromatic rings. The molecule has 1 amide bonds. The third-order valence-electron chi connectivity index (χ3n) is 6.00. The average molecular weight is 381 g/mol. The fourth-order valence-electron chi connectivity index (χ4n) is 4.31. The van der Waals surface area contributed by atoms with Crippen molar-refractivity contribution in [3.05, 3.63) is 64.5 Å². The number of imidazole rings is 1. The largest absolute Gasteiger partial charge is 0.350 e. The molecule has 4 nitrogen and oxygen atoms in total. The number of nitrogens with one attached hydrogen (secondary N) is 1. The van der Waals surface area contributed by atoms with E-state index in [4.69, 9.17) is 0 Å². The molecule has 2 heterocycles. The van der Waals surface area contributed by atoms with Crippen molar-refractivity contribution in [1.29, 1.82) is 0 Å². The van der Waals surface area contributed by atoms with Crippen LogP contribution in [0.3, 0.4) is 0 Å². The Bertz CT molecular complexity index is 899. The number of rotatable bonds is 5. The van der Waals surface area contributed by atoms with Crippen LogP contribution < -0.4 is 5.32 Å². The second-order valence-corrected chi connectivity index (χ2v) is 8.05. The van der Waals surface area contributed by atoms with Crippen molar-refractivity contribution < 1.29 is 9.18 Å². The number of hydrogen-bond acceptors (Lipinski definition) is 2. The number of carbonyl (C=O) groups excluding carboxylic acids is 1. The first-order valence-corrected chi connectivity index (χ1v) is 10.4. The molecule has 148 valence electrons. The van der Waals surface area contributed by atoms with E-state index >= 15 is 0 Å². The molecular formula is C23H28FN3O. The fourth-order valence-corrected chi connectivity index (χ4v) is 4.31. The van der Waals surface area contributed by atoms with Crippen molar-refractivity contribution in [1.82, 2.24) is 14.9 Å². The Morgan fingerprint density at radius 1 is 1.32 bits per heavy atom. The molecule has 0 fully saturated rings. The second-order valence-electron chi connectivity index (χ2n) is 8.05. The maximum Gasteiger partial charge on any atom is 0.271 e. The summed E-state index contributed by atoms with van der Waals surface area (Å²) in [5, 5.41) is 3.01. The van der Waals surface area contributed by atoms with Gasteiger partial charge >= 0.3 is 0 Å². The van der Waals surface area contributed by atoms with Crippen molar-refractivity contribution in [3.63, 3.8) is 0 Å². The number of fused-ring (bicyclic) bond motifs is 1. The topological polar surface area (TPSA) is 46.9 Å². The van der Waals surface area contributed by atoms with Crippen LogP contribution >= 0.6 is 0 Å². The van der Waals surface area contributed by atoms with Gasteiger partial charge in [-0.15, -0.1) is 0 Å². The van der Waals surface area contributed by atoms with Gasteiger partial charge in [-0.25, -0.2) is 9.37 Å². The minimum atomic E-state index is -0.161. The highest BCUT2D eigenvalue weighted by Gasteiger charge is 2.23. The summed E-state index contributed by atoms with van der Waals surface area (Å²) >= 11 is 0. The number of halogens is 1. The summed E-state index contributed by atoms with van der Waals surface area (Å²) in [4.78, 5) is 17.0. The SMILES string of the molecule is Cc1cc(C2CCc3nc(C(=O)NCCC4=CCCCC4)cn3C2)ccc1F. The highest BCUT2D eigenvalue weighted by molar-refractivity contribution is 5.92. The normalized spacial score (nSPS) is 19.1. The van der Waals surface area contributed by atoms with Crippen LogP contribution in [0.5, 0.6) is 0 Å². The molecule has 1 aromatic heterocycles. The molecule has 1 N–H and O–H groups in total. The molecule has 5 heteroatoms. The Balaban J connectivity index is 1.37. The summed E-state index contributed by atoms with van der Waals surface area (Å²) in [6.07, 6.45) is 11.8. The Kier molecular flexibility index (Phi) is 5.60. The Labute approximate surface area is 165 Å². The van der Waals surface area contributed by atoms with Crippen LogP contribution in [-0.4, -0.2) is 22.0 Å². The lowest BCUT2D eigenvalue weighted by Crippen LogP contribution is -2.25. The molecule has 2 aliphatic rings. The monoisotopic (exact) mass is 381 g/mol. The van der Waals surface area contributed by atoms with E-state index in [1.54, 1.807) is 13.0 Å². The van der Waals surface area contributed by atoms with Gasteiger partial charge in [0.1, 0.15) is 17.3 Å². The predicted octanol–water partition coefficient (Wildman–Crippen LogP) is 4.68. The number of aryl methyl sites for hydroxylation is 2. The smallest absolute Gasteiger partial charge is 0.271 e. The second kappa shape index (κ2) is 8.29. The van der Waals surface area contributed by atoms with E-state index in [1.807, 2.05) is 18.3 Å². The molecule has 0 radical (unpaired) electrons. The maximum atomic E-state index is 13.6. The maximum absolute atomic E-state index is 13.6. The van der Waals surface area contributed by atoms with Gasteiger partial charge in [-0.1, -0.05) is 23.8 Å². The number of benzene rings is 1. The summed E-state index contributed by atoms with van der Waals surface area (Å²) in [7, 11) is 0. The zero-order valence-corrected chi connectivity index (χ0v) is 16.5. The van der Waals surface area contributed by atoms with E-state index in [9.17, 15) is 9.18 Å². The van der Waals surface area contributed by atoms with E-state index < -0.39 is 0 Å². The molecule has 1 unspecified atom stereocenters. The van der Waals surface area contributed by atoms with Crippen LogP contribution in [-0.2, 0) is 13.0 Å². The van der Waals surface area contributed by atoms with Gasteiger partial charge in [0.05, 0.1) is 0 Å². The summed E-state index contributed by atoms with van der Waals surface area (Å²) in [6.45, 7) is 3.26. The van der Waals surface area contributed by atoms with Crippen LogP contribution in [0.2, 0.25) is 0 Å². The number of allylic oxidation sites excluding steroid dienone is 1. The molecular weight excluding hydrogens is 353 g/mol. The molecule has 0 saturated carbocycles. The zero-order valence-electron chi connectivity index (χ0n) is 16.5. The molecule has 0 spiro atoms. The average Bonchev–Trinajstić information content (AvgIpc) is 3.14. The van der Waals surface area contributed by atoms with Crippen molar-refractivity contribution in [3.8, 4) is 0 Å². The number of hydrogen-bond donors (Lipinski definition) is 1. The van der Waals surface area contributed by atoms with Gasteiger partial charge in [-0.05, 0) is 62.6 Å². The molecule has 1 aromatic carbocycles. The highest BCUT2D eigenvalue weighted by atomic mass is 19.1. The number of nitrogens with zero attached hydrogens (tertiary/aromatic N) is 2. The van der Waals surface area contributed by atoms with Crippen LogP contribution in [0.15, 0.2) is 36.0 Å². The van der Waals surface area contributed by atoms with Gasteiger partial charge in [-0.3, -0.25) is 4.79 Å². The van der Waals surface area contributed by atoms with E-state index in [2.05, 4.69) is 20.9 Å². The Morgan fingerprint density at radius 2 is 2.21 bits per heavy atom. The molecule has 0 bridgehead atoms. The van der Waals surface area contributed by atoms with Crippen LogP contribution in [0.4, 0.5) is 4.39 Å². The number of aromatic nitrogens is 2. The van der Waals surface area contributed by atoms with Crippen molar-refractivity contribution in [2.45, 2.75) is 64.3 Å². The van der Waals surface area contributed by atoms with Gasteiger partial charge in [0.15, 0.2) is 0 Å². The number of amides is 1. The summed E-state index contributed by atoms with van der Waals surface area (Å²) in [5.41, 5.74) is 3.81. The quantitative estimate of drug-likeness (QED) is 0.765. The summed E-state index contributed by atoms with van der Waals surface area (Å²) in [5.74, 6) is 1.05. The van der Waals surface area contributed by atoms with Crippen molar-refractivity contribution in [2.75, 3.05) is 6.54 Å². The minimum absolute atomic E-state index is 0.0903. The minimum Gasteiger partial charge on any atom is -0.350 e. The number of carbonyl (C=O) groups is 1. The molecule has 0 saturated heterocycles. The highest BCUT2D eigenvalue weighted by Crippen LogP contribution is 2.30. The molecule has 4 rings (SSSR count). The van der Waals surface area contributed by atoms with Crippen LogP contribution in [0, 0.1) is 12.7 Å². The van der Waals surface area contributed by atoms with Crippen LogP contribution in [0.25, 0.3) is 0 Å². The third kappa shape index (κ3) is 4.18. The van der Waals surface area contributed by atoms with E-state index in [0.717, 1.165) is 37.2 Å². The molecule has 28 heavy (non-hydrogen) atoms. The Hall–Kier alpha value is -2.43. The van der Waals surface area contributed by atoms with Crippen LogP contribution in [0.1, 0.15) is 71.9 Å². The zero-order chi connectivity index (χ0) is 19.5. The first-order valence-electron chi connectivity index (χ1n) is 10.4. The first kappa shape index (κ1) is 18.9. The van der Waals surface area contributed by atoms with Crippen molar-refractivity contribution >= 4 is 5.91 Å². The summed E-state index contributed by atoms with van der Waals surface area (Å²) in [6, 6.07) is 5.37. The fraction of sp³-hybridized carbons (Fsp3) is 0.478. The van der Waals surface area contributed by atoms with Gasteiger partial charge in [0, 0.05) is 31.6 Å². The lowest BCUT2D eigenvalue weighted by atomic mass is 9.90. The third-order valence-corrected chi connectivity index (χ3v) is 6.00. The van der Waals surface area contributed by atoms with E-state index in [1.165, 1.54) is 31.3 Å². The van der Waals surface area contributed by atoms with Crippen molar-refractivity contribution in [2.24, 2.45) is 0 Å². The summed E-state index contributed by atoms with van der Waals surface area (Å²) < 4.78 is 15.6.